The molecule has 0 bridgehead atoms. The summed E-state index contributed by atoms with van der Waals surface area (Å²) in [4.78, 5) is 46.3. The molecule has 1 atom stereocenters. The number of nitrogens with zero attached hydrogens (tertiary/aromatic N) is 1. The first-order chi connectivity index (χ1) is 12.4. The number of nitrogens with one attached hydrogen (secondary N) is 2. The molecule has 0 radical (unpaired) electrons. The number of halogens is 4. The molecule has 1 aromatic rings. The van der Waals surface area contributed by atoms with Crippen LogP contribution >= 0.6 is 11.6 Å². The molecule has 1 heterocycles. The van der Waals surface area contributed by atoms with Crippen molar-refractivity contribution in [3.63, 3.8) is 0 Å². The van der Waals surface area contributed by atoms with Crippen LogP contribution in [0.3, 0.4) is 0 Å². The molecule has 0 saturated heterocycles. The highest BCUT2D eigenvalue weighted by molar-refractivity contribution is 6.30. The average Bonchev–Trinajstić information content (AvgIpc) is 2.55. The third-order valence-electron chi connectivity index (χ3n) is 3.28. The van der Waals surface area contributed by atoms with E-state index in [0.29, 0.717) is 23.3 Å². The minimum Gasteiger partial charge on any atom is -0.454 e. The Balaban J connectivity index is 2.65. The number of alkyl halides is 3. The van der Waals surface area contributed by atoms with Crippen molar-refractivity contribution in [2.45, 2.75) is 39.0 Å². The standard InChI is InChI=1S/C15H17ClF3N3O5/c1-3-8(2)20-14(26)21-11(23)7-27-12(24)6-22-5-9(15(17,18)19)4-10(16)13(22)25/h4-5,8H,3,6-7H2,1-2H3,(H2,20,21,23,26)/t8-/m1/s1. The number of urea groups is 1. The van der Waals surface area contributed by atoms with E-state index < -0.39 is 53.4 Å². The maximum atomic E-state index is 12.7. The van der Waals surface area contributed by atoms with E-state index in [-0.39, 0.29) is 6.04 Å². The summed E-state index contributed by atoms with van der Waals surface area (Å²) in [6.07, 6.45) is -3.73. The van der Waals surface area contributed by atoms with Gasteiger partial charge in [-0.25, -0.2) is 4.79 Å². The summed E-state index contributed by atoms with van der Waals surface area (Å²) in [5.74, 6) is -2.11. The number of carbonyl (C=O) groups excluding carboxylic acids is 3. The lowest BCUT2D eigenvalue weighted by Gasteiger charge is -2.13. The van der Waals surface area contributed by atoms with Crippen molar-refractivity contribution in [2.24, 2.45) is 0 Å². The van der Waals surface area contributed by atoms with E-state index in [0.717, 1.165) is 0 Å². The Morgan fingerprint density at radius 2 is 1.96 bits per heavy atom. The zero-order valence-electron chi connectivity index (χ0n) is 14.4. The van der Waals surface area contributed by atoms with Crippen LogP contribution in [0.25, 0.3) is 0 Å². The molecule has 0 saturated carbocycles. The van der Waals surface area contributed by atoms with E-state index in [9.17, 15) is 32.3 Å². The molecule has 2 N–H and O–H groups in total. The highest BCUT2D eigenvalue weighted by Crippen LogP contribution is 2.29. The maximum absolute atomic E-state index is 12.7. The zero-order chi connectivity index (χ0) is 20.8. The van der Waals surface area contributed by atoms with Crippen LogP contribution in [0.4, 0.5) is 18.0 Å². The Morgan fingerprint density at radius 3 is 2.52 bits per heavy atom. The minimum absolute atomic E-state index is 0.183. The molecule has 3 amide bonds. The molecule has 0 aromatic carbocycles. The summed E-state index contributed by atoms with van der Waals surface area (Å²) in [6.45, 7) is 1.78. The normalized spacial score (nSPS) is 12.2. The Labute approximate surface area is 156 Å². The molecule has 150 valence electrons. The van der Waals surface area contributed by atoms with Crippen molar-refractivity contribution < 1.29 is 32.3 Å². The van der Waals surface area contributed by atoms with Crippen molar-refractivity contribution >= 4 is 29.5 Å². The summed E-state index contributed by atoms with van der Waals surface area (Å²) in [7, 11) is 0. The van der Waals surface area contributed by atoms with Gasteiger partial charge in [-0.1, -0.05) is 18.5 Å². The summed E-state index contributed by atoms with van der Waals surface area (Å²) in [5, 5.41) is 3.63. The lowest BCUT2D eigenvalue weighted by atomic mass is 10.2. The predicted molar refractivity (Wildman–Crippen MR) is 88.1 cm³/mol. The first kappa shape index (κ1) is 22.5. The molecular formula is C15H17ClF3N3O5. The van der Waals surface area contributed by atoms with Gasteiger partial charge in [-0.2, -0.15) is 13.2 Å². The Bertz CT molecular complexity index is 779. The second kappa shape index (κ2) is 9.40. The van der Waals surface area contributed by atoms with Gasteiger partial charge in [0.2, 0.25) is 0 Å². The summed E-state index contributed by atoms with van der Waals surface area (Å²) in [5.41, 5.74) is -2.25. The molecule has 0 aliphatic heterocycles. The molecule has 0 aliphatic rings. The molecule has 0 spiro atoms. The number of imide groups is 1. The van der Waals surface area contributed by atoms with Gasteiger partial charge >= 0.3 is 18.2 Å². The Hall–Kier alpha value is -2.56. The van der Waals surface area contributed by atoms with E-state index in [1.54, 1.807) is 6.92 Å². The van der Waals surface area contributed by atoms with Gasteiger partial charge in [0.25, 0.3) is 11.5 Å². The van der Waals surface area contributed by atoms with Crippen molar-refractivity contribution in [1.29, 1.82) is 0 Å². The van der Waals surface area contributed by atoms with Crippen LogP contribution in [-0.2, 0) is 27.0 Å². The molecule has 0 aliphatic carbocycles. The van der Waals surface area contributed by atoms with Gasteiger partial charge in [-0.3, -0.25) is 19.7 Å². The number of hydrogen-bond donors (Lipinski definition) is 2. The summed E-state index contributed by atoms with van der Waals surface area (Å²) >= 11 is 5.45. The van der Waals surface area contributed by atoms with Crippen LogP contribution in [0, 0.1) is 0 Å². The van der Waals surface area contributed by atoms with Crippen molar-refractivity contribution in [3.05, 3.63) is 33.2 Å². The van der Waals surface area contributed by atoms with Crippen LogP contribution < -0.4 is 16.2 Å². The fourth-order valence-corrected chi connectivity index (χ4v) is 1.95. The van der Waals surface area contributed by atoms with Crippen LogP contribution in [-0.4, -0.2) is 35.1 Å². The summed E-state index contributed by atoms with van der Waals surface area (Å²) < 4.78 is 43.1. The molecule has 0 fully saturated rings. The molecule has 1 aromatic heterocycles. The van der Waals surface area contributed by atoms with Crippen molar-refractivity contribution in [2.75, 3.05) is 6.61 Å². The molecule has 1 rings (SSSR count). The highest BCUT2D eigenvalue weighted by atomic mass is 35.5. The molecule has 8 nitrogen and oxygen atoms in total. The van der Waals surface area contributed by atoms with Crippen LogP contribution in [0.5, 0.6) is 0 Å². The van der Waals surface area contributed by atoms with Crippen LogP contribution in [0.15, 0.2) is 17.1 Å². The Kier molecular flexibility index (Phi) is 7.82. The SMILES string of the molecule is CC[C@@H](C)NC(=O)NC(=O)COC(=O)Cn1cc(C(F)(F)F)cc(Cl)c1=O. The number of aromatic nitrogens is 1. The monoisotopic (exact) mass is 411 g/mol. The fraction of sp³-hybridized carbons (Fsp3) is 0.467. The number of rotatable bonds is 6. The second-order valence-corrected chi connectivity index (χ2v) is 5.91. The Morgan fingerprint density at radius 1 is 1.33 bits per heavy atom. The minimum atomic E-state index is -4.77. The van der Waals surface area contributed by atoms with Gasteiger partial charge in [0.15, 0.2) is 6.61 Å². The van der Waals surface area contributed by atoms with E-state index >= 15 is 0 Å². The molecule has 12 heteroatoms. The lowest BCUT2D eigenvalue weighted by Crippen LogP contribution is -2.44. The third kappa shape index (κ3) is 7.29. The van der Waals surface area contributed by atoms with Crippen LogP contribution in [0.1, 0.15) is 25.8 Å². The molecule has 27 heavy (non-hydrogen) atoms. The van der Waals surface area contributed by atoms with E-state index in [4.69, 9.17) is 11.6 Å². The number of pyridine rings is 1. The summed E-state index contributed by atoms with van der Waals surface area (Å²) in [6, 6.07) is -0.529. The van der Waals surface area contributed by atoms with Crippen LogP contribution in [0.2, 0.25) is 5.02 Å². The number of amides is 3. The van der Waals surface area contributed by atoms with Gasteiger partial charge in [0.1, 0.15) is 11.6 Å². The van der Waals surface area contributed by atoms with Crippen molar-refractivity contribution in [3.8, 4) is 0 Å². The largest absolute Gasteiger partial charge is 0.454 e. The van der Waals surface area contributed by atoms with Gasteiger partial charge in [-0.05, 0) is 19.4 Å². The van der Waals surface area contributed by atoms with Crippen molar-refractivity contribution in [1.82, 2.24) is 15.2 Å². The average molecular weight is 412 g/mol. The van der Waals surface area contributed by atoms with Gasteiger partial charge in [0, 0.05) is 12.2 Å². The smallest absolute Gasteiger partial charge is 0.417 e. The number of hydrogen-bond acceptors (Lipinski definition) is 5. The third-order valence-corrected chi connectivity index (χ3v) is 3.55. The predicted octanol–water partition coefficient (Wildman–Crippen LogP) is 1.69. The van der Waals surface area contributed by atoms with E-state index in [1.807, 2.05) is 12.2 Å². The molecule has 0 unspecified atom stereocenters. The fourth-order valence-electron chi connectivity index (χ4n) is 1.73. The van der Waals surface area contributed by atoms with E-state index in [1.165, 1.54) is 0 Å². The number of ether oxygens (including phenoxy) is 1. The van der Waals surface area contributed by atoms with Gasteiger partial charge in [0.05, 0.1) is 5.56 Å². The lowest BCUT2D eigenvalue weighted by molar-refractivity contribution is -0.149. The van der Waals surface area contributed by atoms with Gasteiger partial charge in [-0.15, -0.1) is 0 Å². The quantitative estimate of drug-likeness (QED) is 0.693. The topological polar surface area (TPSA) is 106 Å². The van der Waals surface area contributed by atoms with E-state index in [2.05, 4.69) is 10.1 Å². The first-order valence-corrected chi connectivity index (χ1v) is 8.05. The maximum Gasteiger partial charge on any atom is 0.417 e. The van der Waals surface area contributed by atoms with Gasteiger partial charge < -0.3 is 14.6 Å². The zero-order valence-corrected chi connectivity index (χ0v) is 15.1. The number of carbonyl (C=O) groups is 3. The highest BCUT2D eigenvalue weighted by Gasteiger charge is 2.32. The first-order valence-electron chi connectivity index (χ1n) is 7.67. The number of esters is 1. The second-order valence-electron chi connectivity index (χ2n) is 5.50. The molecular weight excluding hydrogens is 395 g/mol.